The highest BCUT2D eigenvalue weighted by Gasteiger charge is 2.49. The van der Waals surface area contributed by atoms with Crippen LogP contribution in [0.2, 0.25) is 0 Å². The van der Waals surface area contributed by atoms with Crippen LogP contribution in [0.3, 0.4) is 0 Å². The van der Waals surface area contributed by atoms with Gasteiger partial charge in [-0.15, -0.1) is 0 Å². The minimum atomic E-state index is -0.681. The summed E-state index contributed by atoms with van der Waals surface area (Å²) in [6.07, 6.45) is 1.40. The fourth-order valence-electron chi connectivity index (χ4n) is 4.31. The van der Waals surface area contributed by atoms with Gasteiger partial charge in [0.05, 0.1) is 11.4 Å². The molecule has 0 spiro atoms. The number of cyclic esters (lactones) is 1. The van der Waals surface area contributed by atoms with Crippen LogP contribution in [-0.4, -0.2) is 21.2 Å². The number of H-pyrrole nitrogens is 1. The number of imidazole rings is 1. The number of nitrogens with zero attached hydrogens (tertiary/aromatic N) is 2. The molecule has 2 heterocycles. The normalized spacial score (nSPS) is 17.4. The lowest BCUT2D eigenvalue weighted by molar-refractivity contribution is 0.0685. The zero-order valence-electron chi connectivity index (χ0n) is 17.9. The van der Waals surface area contributed by atoms with E-state index in [4.69, 9.17) is 4.74 Å². The van der Waals surface area contributed by atoms with Crippen molar-refractivity contribution in [3.8, 4) is 16.9 Å². The number of nitrogens with one attached hydrogen (secondary N) is 1. The summed E-state index contributed by atoms with van der Waals surface area (Å²) in [6, 6.07) is 26.6. The average molecular weight is 425 g/mol. The Morgan fingerprint density at radius 1 is 0.812 bits per heavy atom. The number of amides is 1. The molecular formula is C26H23N3O3. The molecule has 160 valence electrons. The van der Waals surface area contributed by atoms with Gasteiger partial charge in [0.2, 0.25) is 0 Å². The minimum absolute atomic E-state index is 0.222. The molecule has 6 heteroatoms. The van der Waals surface area contributed by atoms with E-state index in [9.17, 15) is 9.59 Å². The second-order valence-electron chi connectivity index (χ2n) is 8.38. The van der Waals surface area contributed by atoms with E-state index in [1.165, 1.54) is 0 Å². The molecule has 4 aromatic rings. The van der Waals surface area contributed by atoms with Gasteiger partial charge in [-0.3, -0.25) is 9.47 Å². The third kappa shape index (κ3) is 3.39. The number of aromatic amines is 1. The maximum absolute atomic E-state index is 12.8. The molecule has 0 radical (unpaired) electrons. The maximum atomic E-state index is 12.8. The van der Waals surface area contributed by atoms with Crippen molar-refractivity contribution in [2.45, 2.75) is 25.5 Å². The van der Waals surface area contributed by atoms with Gasteiger partial charge in [0.15, 0.2) is 0 Å². The Balaban J connectivity index is 1.49. The van der Waals surface area contributed by atoms with Crippen LogP contribution in [0.5, 0.6) is 0 Å². The van der Waals surface area contributed by atoms with Gasteiger partial charge in [0, 0.05) is 11.9 Å². The first-order valence-electron chi connectivity index (χ1n) is 10.5. The second kappa shape index (κ2) is 7.57. The third-order valence-corrected chi connectivity index (χ3v) is 5.79. The summed E-state index contributed by atoms with van der Waals surface area (Å²) >= 11 is 0. The largest absolute Gasteiger partial charge is 0.441 e. The fraction of sp³-hybridized carbons (Fsp3) is 0.154. The Hall–Kier alpha value is -4.06. The number of aromatic nitrogens is 2. The van der Waals surface area contributed by atoms with Crippen molar-refractivity contribution in [1.82, 2.24) is 9.55 Å². The Bertz CT molecular complexity index is 1310. The highest BCUT2D eigenvalue weighted by atomic mass is 16.6. The van der Waals surface area contributed by atoms with Gasteiger partial charge in [-0.25, -0.2) is 9.59 Å². The van der Waals surface area contributed by atoms with Gasteiger partial charge in [-0.05, 0) is 49.2 Å². The zero-order valence-corrected chi connectivity index (χ0v) is 17.9. The van der Waals surface area contributed by atoms with Gasteiger partial charge in [-0.2, -0.15) is 0 Å². The van der Waals surface area contributed by atoms with Crippen LogP contribution in [-0.2, 0) is 4.74 Å². The molecule has 1 amide bonds. The number of rotatable bonds is 4. The molecule has 1 atom stereocenters. The quantitative estimate of drug-likeness (QED) is 0.482. The Morgan fingerprint density at radius 2 is 1.41 bits per heavy atom. The summed E-state index contributed by atoms with van der Waals surface area (Å²) in [5, 5.41) is 0. The highest BCUT2D eigenvalue weighted by Crippen LogP contribution is 2.43. The number of ether oxygens (including phenoxy) is 1. The van der Waals surface area contributed by atoms with Crippen molar-refractivity contribution < 1.29 is 9.53 Å². The van der Waals surface area contributed by atoms with Crippen LogP contribution in [0, 0.1) is 0 Å². The summed E-state index contributed by atoms with van der Waals surface area (Å²) in [5.41, 5.74) is 3.20. The smallest absolute Gasteiger partial charge is 0.415 e. The van der Waals surface area contributed by atoms with Crippen LogP contribution in [0.4, 0.5) is 10.5 Å². The Kier molecular flexibility index (Phi) is 4.70. The minimum Gasteiger partial charge on any atom is -0.441 e. The molecule has 0 bridgehead atoms. The molecule has 0 aliphatic carbocycles. The van der Waals surface area contributed by atoms with Gasteiger partial charge < -0.3 is 9.72 Å². The highest BCUT2D eigenvalue weighted by molar-refractivity contribution is 5.91. The van der Waals surface area contributed by atoms with Gasteiger partial charge in [0.1, 0.15) is 11.6 Å². The molecule has 1 fully saturated rings. The number of carbonyl (C=O) groups excluding carboxylic acids is 1. The predicted octanol–water partition coefficient (Wildman–Crippen LogP) is 5.31. The molecule has 1 aromatic heterocycles. The number of hydrogen-bond donors (Lipinski definition) is 1. The van der Waals surface area contributed by atoms with E-state index in [-0.39, 0.29) is 17.8 Å². The lowest BCUT2D eigenvalue weighted by Gasteiger charge is -2.29. The Labute approximate surface area is 185 Å². The lowest BCUT2D eigenvalue weighted by atomic mass is 9.91. The topological polar surface area (TPSA) is 67.3 Å². The monoisotopic (exact) mass is 425 g/mol. The molecule has 1 saturated heterocycles. The summed E-state index contributed by atoms with van der Waals surface area (Å²) in [6.45, 7) is 3.84. The van der Waals surface area contributed by atoms with Crippen molar-refractivity contribution in [3.05, 3.63) is 107 Å². The summed E-state index contributed by atoms with van der Waals surface area (Å²) in [4.78, 5) is 29.9. The van der Waals surface area contributed by atoms with Gasteiger partial charge in [-0.1, -0.05) is 60.7 Å². The standard InChI is InChI=1S/C26H23N3O3/c1-26(2)23(19-11-7-4-8-12-19)29(25(31)32-26)21-15-13-20(14-16-21)28-17-22(27-24(28)30)18-9-5-3-6-10-18/h3-17,23H,1-2H3,(H,27,30). The van der Waals surface area contributed by atoms with E-state index in [1.54, 1.807) is 15.7 Å². The van der Waals surface area contributed by atoms with E-state index in [1.807, 2.05) is 98.8 Å². The first-order chi connectivity index (χ1) is 15.4. The number of hydrogen-bond acceptors (Lipinski definition) is 3. The molecule has 1 N–H and O–H groups in total. The molecule has 3 aromatic carbocycles. The van der Waals surface area contributed by atoms with Crippen LogP contribution in [0.25, 0.3) is 16.9 Å². The SMILES string of the molecule is CC1(C)OC(=O)N(c2ccc(-n3cc(-c4ccccc4)[nH]c3=O)cc2)C1c1ccccc1. The van der Waals surface area contributed by atoms with E-state index in [0.717, 1.165) is 16.8 Å². The van der Waals surface area contributed by atoms with Gasteiger partial charge >= 0.3 is 11.8 Å². The van der Waals surface area contributed by atoms with Gasteiger partial charge in [0.25, 0.3) is 0 Å². The van der Waals surface area contributed by atoms with Crippen LogP contribution in [0.15, 0.2) is 95.9 Å². The van der Waals surface area contributed by atoms with E-state index in [0.29, 0.717) is 11.4 Å². The number of benzene rings is 3. The van der Waals surface area contributed by atoms with Crippen molar-refractivity contribution in [2.24, 2.45) is 0 Å². The summed E-state index contributed by atoms with van der Waals surface area (Å²) in [5.74, 6) is 0. The second-order valence-corrected chi connectivity index (χ2v) is 8.38. The maximum Gasteiger partial charge on any atom is 0.415 e. The average Bonchev–Trinajstić information content (AvgIpc) is 3.30. The van der Waals surface area contributed by atoms with E-state index >= 15 is 0 Å². The first-order valence-corrected chi connectivity index (χ1v) is 10.5. The van der Waals surface area contributed by atoms with Crippen molar-refractivity contribution in [1.29, 1.82) is 0 Å². The van der Waals surface area contributed by atoms with Crippen molar-refractivity contribution in [2.75, 3.05) is 4.90 Å². The fourth-order valence-corrected chi connectivity index (χ4v) is 4.31. The molecule has 1 unspecified atom stereocenters. The number of anilines is 1. The molecule has 5 rings (SSSR count). The van der Waals surface area contributed by atoms with Crippen LogP contribution >= 0.6 is 0 Å². The summed E-state index contributed by atoms with van der Waals surface area (Å²) < 4.78 is 7.26. The van der Waals surface area contributed by atoms with E-state index in [2.05, 4.69) is 4.98 Å². The third-order valence-electron chi connectivity index (χ3n) is 5.79. The molecule has 1 aliphatic rings. The Morgan fingerprint density at radius 3 is 2.06 bits per heavy atom. The zero-order chi connectivity index (χ0) is 22.3. The molecular weight excluding hydrogens is 402 g/mol. The van der Waals surface area contributed by atoms with Crippen LogP contribution < -0.4 is 10.6 Å². The van der Waals surface area contributed by atoms with Crippen molar-refractivity contribution in [3.63, 3.8) is 0 Å². The molecule has 0 saturated carbocycles. The lowest BCUT2D eigenvalue weighted by Crippen LogP contribution is -2.33. The molecule has 32 heavy (non-hydrogen) atoms. The first kappa shape index (κ1) is 19.9. The van der Waals surface area contributed by atoms with Crippen LogP contribution in [0.1, 0.15) is 25.5 Å². The molecule has 1 aliphatic heterocycles. The summed E-state index contributed by atoms with van der Waals surface area (Å²) in [7, 11) is 0. The van der Waals surface area contributed by atoms with E-state index < -0.39 is 5.60 Å². The predicted molar refractivity (Wildman–Crippen MR) is 124 cm³/mol. The molecule has 6 nitrogen and oxygen atoms in total. The van der Waals surface area contributed by atoms with Crippen molar-refractivity contribution >= 4 is 11.8 Å². The number of carbonyl (C=O) groups is 1.